The lowest BCUT2D eigenvalue weighted by Gasteiger charge is -2.19. The van der Waals surface area contributed by atoms with Gasteiger partial charge in [-0.15, -0.1) is 0 Å². The Labute approximate surface area is 64.3 Å². The number of aliphatic hydroxyl groups excluding tert-OH is 1. The zero-order valence-electron chi connectivity index (χ0n) is 6.12. The number of esters is 1. The van der Waals surface area contributed by atoms with E-state index in [1.54, 1.807) is 0 Å². The maximum Gasteiger partial charge on any atom is 0.310 e. The summed E-state index contributed by atoms with van der Waals surface area (Å²) in [5.74, 6) is 0.174. The van der Waals surface area contributed by atoms with Crippen LogP contribution in [0.25, 0.3) is 0 Å². The molecular formula is C8H10O3. The minimum absolute atomic E-state index is 0.0266. The van der Waals surface area contributed by atoms with Crippen LogP contribution in [0, 0.1) is 11.8 Å². The normalized spacial score (nSPS) is 58.6. The predicted molar refractivity (Wildman–Crippen MR) is 35.7 cm³/mol. The van der Waals surface area contributed by atoms with Crippen molar-refractivity contribution in [2.75, 3.05) is 0 Å². The Morgan fingerprint density at radius 1 is 1.45 bits per heavy atom. The summed E-state index contributed by atoms with van der Waals surface area (Å²) >= 11 is 0. The van der Waals surface area contributed by atoms with E-state index in [0.29, 0.717) is 6.42 Å². The highest BCUT2D eigenvalue weighted by Crippen LogP contribution is 2.58. The van der Waals surface area contributed by atoms with Crippen molar-refractivity contribution >= 4 is 5.97 Å². The van der Waals surface area contributed by atoms with Gasteiger partial charge in [-0.25, -0.2) is 0 Å². The Hall–Kier alpha value is -0.570. The maximum atomic E-state index is 11.1. The number of ether oxygens (including phenoxy) is 1. The fourth-order valence-electron chi connectivity index (χ4n) is 2.98. The number of aliphatic hydroxyl groups is 1. The molecule has 0 aromatic heterocycles. The SMILES string of the molecule is O=C1OC23CC(O)C(C2)[C@@H]1C3. The molecule has 3 nitrogen and oxygen atoms in total. The summed E-state index contributed by atoms with van der Waals surface area (Å²) in [5, 5.41) is 9.48. The van der Waals surface area contributed by atoms with E-state index >= 15 is 0 Å². The molecule has 3 rings (SSSR count). The number of hydrogen-bond acceptors (Lipinski definition) is 3. The van der Waals surface area contributed by atoms with Gasteiger partial charge in [0, 0.05) is 18.8 Å². The smallest absolute Gasteiger partial charge is 0.310 e. The first kappa shape index (κ1) is 6.00. The van der Waals surface area contributed by atoms with Crippen molar-refractivity contribution in [1.82, 2.24) is 0 Å². The zero-order chi connectivity index (χ0) is 7.64. The van der Waals surface area contributed by atoms with Crippen molar-refractivity contribution in [3.05, 3.63) is 0 Å². The van der Waals surface area contributed by atoms with E-state index in [-0.39, 0.29) is 29.5 Å². The lowest BCUT2D eigenvalue weighted by atomic mass is 9.88. The summed E-state index contributed by atoms with van der Waals surface area (Å²) in [6.07, 6.45) is 2.18. The highest BCUT2D eigenvalue weighted by atomic mass is 16.6. The molecule has 1 spiro atoms. The van der Waals surface area contributed by atoms with Gasteiger partial charge in [-0.05, 0) is 6.42 Å². The molecule has 1 aliphatic heterocycles. The Bertz CT molecular complexity index is 233. The molecule has 3 aliphatic rings. The van der Waals surface area contributed by atoms with Crippen LogP contribution in [-0.4, -0.2) is 22.8 Å². The summed E-state index contributed by atoms with van der Waals surface area (Å²) in [6.45, 7) is 0. The Balaban J connectivity index is 2.06. The van der Waals surface area contributed by atoms with Crippen LogP contribution in [0.3, 0.4) is 0 Å². The molecule has 3 unspecified atom stereocenters. The van der Waals surface area contributed by atoms with Crippen molar-refractivity contribution in [3.8, 4) is 0 Å². The number of rotatable bonds is 0. The summed E-state index contributed by atoms with van der Waals surface area (Å²) in [4.78, 5) is 11.1. The third-order valence-electron chi connectivity index (χ3n) is 3.41. The first-order valence-electron chi connectivity index (χ1n) is 4.11. The molecule has 3 bridgehead atoms. The minimum Gasteiger partial charge on any atom is -0.459 e. The van der Waals surface area contributed by atoms with Crippen molar-refractivity contribution in [2.24, 2.45) is 11.8 Å². The van der Waals surface area contributed by atoms with E-state index in [2.05, 4.69) is 0 Å². The molecule has 0 amide bonds. The Kier molecular flexibility index (Phi) is 0.796. The lowest BCUT2D eigenvalue weighted by Crippen LogP contribution is -2.25. The molecule has 4 atom stereocenters. The van der Waals surface area contributed by atoms with E-state index in [4.69, 9.17) is 4.74 Å². The fourth-order valence-corrected chi connectivity index (χ4v) is 2.98. The van der Waals surface area contributed by atoms with Gasteiger partial charge >= 0.3 is 5.97 Å². The monoisotopic (exact) mass is 154 g/mol. The van der Waals surface area contributed by atoms with Crippen LogP contribution in [0.2, 0.25) is 0 Å². The van der Waals surface area contributed by atoms with E-state index in [0.717, 1.165) is 12.8 Å². The molecule has 2 aliphatic carbocycles. The van der Waals surface area contributed by atoms with Crippen LogP contribution in [0.15, 0.2) is 0 Å². The van der Waals surface area contributed by atoms with Gasteiger partial charge in [0.25, 0.3) is 0 Å². The molecule has 3 heteroatoms. The van der Waals surface area contributed by atoms with Crippen LogP contribution >= 0.6 is 0 Å². The van der Waals surface area contributed by atoms with Crippen molar-refractivity contribution in [2.45, 2.75) is 31.0 Å². The molecule has 1 heterocycles. The van der Waals surface area contributed by atoms with E-state index in [1.165, 1.54) is 0 Å². The average Bonchev–Trinajstić information content (AvgIpc) is 2.46. The molecular weight excluding hydrogens is 144 g/mol. The van der Waals surface area contributed by atoms with Crippen LogP contribution in [0.5, 0.6) is 0 Å². The van der Waals surface area contributed by atoms with Crippen molar-refractivity contribution < 1.29 is 14.6 Å². The van der Waals surface area contributed by atoms with Gasteiger partial charge in [0.2, 0.25) is 0 Å². The first-order chi connectivity index (χ1) is 5.20. The predicted octanol–water partition coefficient (Wildman–Crippen LogP) is 0.0728. The second-order valence-electron chi connectivity index (χ2n) is 4.05. The summed E-state index contributed by atoms with van der Waals surface area (Å²) in [7, 11) is 0. The standard InChI is InChI=1S/C8H10O3/c9-6-3-8-1-4(6)5(2-8)7(10)11-8/h4-6,9H,1-3H2/t4?,5-,6?,8?/m0/s1. The summed E-state index contributed by atoms with van der Waals surface area (Å²) in [5.41, 5.74) is -0.230. The van der Waals surface area contributed by atoms with E-state index in [1.807, 2.05) is 0 Å². The number of carbonyl (C=O) groups is 1. The molecule has 1 N–H and O–H groups in total. The lowest BCUT2D eigenvalue weighted by molar-refractivity contribution is -0.154. The second kappa shape index (κ2) is 1.46. The van der Waals surface area contributed by atoms with Crippen LogP contribution in [-0.2, 0) is 9.53 Å². The van der Waals surface area contributed by atoms with Gasteiger partial charge in [0.05, 0.1) is 12.0 Å². The van der Waals surface area contributed by atoms with Crippen molar-refractivity contribution in [1.29, 1.82) is 0 Å². The molecule has 2 saturated carbocycles. The minimum atomic E-state index is -0.278. The highest BCUT2D eigenvalue weighted by molar-refractivity contribution is 5.77. The third-order valence-corrected chi connectivity index (χ3v) is 3.41. The molecule has 0 aromatic rings. The molecule has 11 heavy (non-hydrogen) atoms. The maximum absolute atomic E-state index is 11.1. The zero-order valence-corrected chi connectivity index (χ0v) is 6.12. The summed E-state index contributed by atoms with van der Waals surface area (Å²) < 4.78 is 5.21. The quantitative estimate of drug-likeness (QED) is 0.502. The topological polar surface area (TPSA) is 46.5 Å². The molecule has 0 radical (unpaired) electrons. The molecule has 60 valence electrons. The van der Waals surface area contributed by atoms with Gasteiger partial charge in [-0.3, -0.25) is 4.79 Å². The Morgan fingerprint density at radius 2 is 2.27 bits per heavy atom. The van der Waals surface area contributed by atoms with Crippen molar-refractivity contribution in [3.63, 3.8) is 0 Å². The fraction of sp³-hybridized carbons (Fsp3) is 0.875. The third kappa shape index (κ3) is 0.527. The molecule has 1 saturated heterocycles. The van der Waals surface area contributed by atoms with Gasteiger partial charge in [0.15, 0.2) is 0 Å². The molecule has 0 aromatic carbocycles. The number of carbonyl (C=O) groups excluding carboxylic acids is 1. The van der Waals surface area contributed by atoms with Crippen LogP contribution in [0.1, 0.15) is 19.3 Å². The first-order valence-corrected chi connectivity index (χ1v) is 4.11. The second-order valence-corrected chi connectivity index (χ2v) is 4.05. The Morgan fingerprint density at radius 3 is 2.91 bits per heavy atom. The van der Waals surface area contributed by atoms with Gasteiger partial charge in [-0.1, -0.05) is 0 Å². The van der Waals surface area contributed by atoms with E-state index < -0.39 is 0 Å². The van der Waals surface area contributed by atoms with Crippen LogP contribution in [0.4, 0.5) is 0 Å². The van der Waals surface area contributed by atoms with E-state index in [9.17, 15) is 9.90 Å². The van der Waals surface area contributed by atoms with Gasteiger partial charge in [-0.2, -0.15) is 0 Å². The summed E-state index contributed by atoms with van der Waals surface area (Å²) in [6, 6.07) is 0. The van der Waals surface area contributed by atoms with Crippen LogP contribution < -0.4 is 0 Å². The average molecular weight is 154 g/mol. The number of fused-ring (bicyclic) bond motifs is 3. The van der Waals surface area contributed by atoms with Gasteiger partial charge < -0.3 is 9.84 Å². The van der Waals surface area contributed by atoms with Gasteiger partial charge in [0.1, 0.15) is 5.60 Å². The number of hydrogen-bond donors (Lipinski definition) is 1. The largest absolute Gasteiger partial charge is 0.459 e. The highest BCUT2D eigenvalue weighted by Gasteiger charge is 2.65. The molecule has 3 fully saturated rings.